The molecule has 2 aromatic rings. The molecule has 0 bridgehead atoms. The second kappa shape index (κ2) is 5.32. The monoisotopic (exact) mass is 294 g/mol. The first-order valence-electron chi connectivity index (χ1n) is 6.60. The quantitative estimate of drug-likeness (QED) is 0.891. The van der Waals surface area contributed by atoms with Crippen molar-refractivity contribution in [2.45, 2.75) is 38.3 Å². The highest BCUT2D eigenvalue weighted by atomic mass is 32.1. The molecule has 0 saturated heterocycles. The van der Waals surface area contributed by atoms with Crippen molar-refractivity contribution in [1.82, 2.24) is 10.3 Å². The molecule has 1 unspecified atom stereocenters. The van der Waals surface area contributed by atoms with Gasteiger partial charge < -0.3 is 10.4 Å². The molecule has 3 nitrogen and oxygen atoms in total. The molecule has 0 radical (unpaired) electrons. The highest BCUT2D eigenvalue weighted by molar-refractivity contribution is 7.11. The first kappa shape index (κ1) is 13.2. The fourth-order valence-electron chi connectivity index (χ4n) is 2.40. The van der Waals surface area contributed by atoms with Gasteiger partial charge in [-0.3, -0.25) is 0 Å². The Hall–Kier alpha value is -0.750. The molecular formula is C14H18N2OS2. The summed E-state index contributed by atoms with van der Waals surface area (Å²) in [5.41, 5.74) is 0.501. The lowest BCUT2D eigenvalue weighted by atomic mass is 10.1. The van der Waals surface area contributed by atoms with Crippen LogP contribution in [0.2, 0.25) is 0 Å². The fourth-order valence-corrected chi connectivity index (χ4v) is 4.32. The van der Waals surface area contributed by atoms with Crippen molar-refractivity contribution in [2.24, 2.45) is 0 Å². The summed E-state index contributed by atoms with van der Waals surface area (Å²) in [5, 5.41) is 16.9. The van der Waals surface area contributed by atoms with E-state index in [0.29, 0.717) is 6.54 Å². The number of thiophene rings is 1. The number of aromatic nitrogens is 1. The first-order chi connectivity index (χ1) is 9.15. The van der Waals surface area contributed by atoms with E-state index in [1.807, 2.05) is 35.8 Å². The van der Waals surface area contributed by atoms with Crippen LogP contribution >= 0.6 is 22.7 Å². The number of rotatable bonds is 5. The molecule has 102 valence electrons. The van der Waals surface area contributed by atoms with E-state index >= 15 is 0 Å². The molecule has 19 heavy (non-hydrogen) atoms. The number of nitrogens with zero attached hydrogens (tertiary/aromatic N) is 1. The lowest BCUT2D eigenvalue weighted by Gasteiger charge is -2.22. The molecule has 0 fully saturated rings. The summed E-state index contributed by atoms with van der Waals surface area (Å²) in [6.07, 6.45) is 3.59. The zero-order chi connectivity index (χ0) is 13.3. The summed E-state index contributed by atoms with van der Waals surface area (Å²) in [6, 6.07) is 3.95. The van der Waals surface area contributed by atoms with Crippen molar-refractivity contribution in [3.05, 3.63) is 38.0 Å². The van der Waals surface area contributed by atoms with Crippen molar-refractivity contribution in [2.75, 3.05) is 6.54 Å². The molecule has 3 rings (SSSR count). The Morgan fingerprint density at radius 1 is 1.47 bits per heavy atom. The van der Waals surface area contributed by atoms with Crippen molar-refractivity contribution in [3.8, 4) is 0 Å². The van der Waals surface area contributed by atoms with Gasteiger partial charge in [-0.15, -0.1) is 22.7 Å². The first-order valence-corrected chi connectivity index (χ1v) is 8.29. The summed E-state index contributed by atoms with van der Waals surface area (Å²) in [7, 11) is 0. The van der Waals surface area contributed by atoms with Crippen LogP contribution in [-0.2, 0) is 25.0 Å². The highest BCUT2D eigenvalue weighted by Crippen LogP contribution is 2.28. The Labute approximate surface area is 121 Å². The van der Waals surface area contributed by atoms with Crippen LogP contribution in [0.25, 0.3) is 0 Å². The van der Waals surface area contributed by atoms with Crippen molar-refractivity contribution < 1.29 is 5.11 Å². The standard InChI is InChI=1S/C14H18N2OS2/c1-14(17,12-6-3-7-18-12)9-15-8-13-16-10-4-2-5-11(10)19-13/h3,6-7,15,17H,2,4-5,8-9H2,1H3. The Morgan fingerprint density at radius 2 is 2.37 bits per heavy atom. The van der Waals surface area contributed by atoms with Crippen LogP contribution in [0.3, 0.4) is 0 Å². The van der Waals surface area contributed by atoms with Crippen LogP contribution in [-0.4, -0.2) is 16.6 Å². The Kier molecular flexibility index (Phi) is 3.71. The zero-order valence-corrected chi connectivity index (χ0v) is 12.6. The second-order valence-electron chi connectivity index (χ2n) is 5.19. The largest absolute Gasteiger partial charge is 0.383 e. The molecule has 0 aliphatic heterocycles. The van der Waals surface area contributed by atoms with Crippen molar-refractivity contribution >= 4 is 22.7 Å². The maximum atomic E-state index is 10.4. The molecule has 0 saturated carbocycles. The van der Waals surface area contributed by atoms with E-state index in [1.54, 1.807) is 11.3 Å². The van der Waals surface area contributed by atoms with E-state index in [0.717, 1.165) is 22.9 Å². The molecule has 1 aliphatic carbocycles. The van der Waals surface area contributed by atoms with Crippen LogP contribution in [0, 0.1) is 0 Å². The predicted molar refractivity (Wildman–Crippen MR) is 79.7 cm³/mol. The molecule has 1 atom stereocenters. The molecule has 0 aromatic carbocycles. The second-order valence-corrected chi connectivity index (χ2v) is 7.30. The SMILES string of the molecule is CC(O)(CNCc1nc2c(s1)CCC2)c1cccs1. The van der Waals surface area contributed by atoms with Gasteiger partial charge in [-0.05, 0) is 37.6 Å². The van der Waals surface area contributed by atoms with Gasteiger partial charge in [-0.1, -0.05) is 6.07 Å². The summed E-state index contributed by atoms with van der Waals surface area (Å²) in [4.78, 5) is 7.11. The smallest absolute Gasteiger partial charge is 0.108 e. The highest BCUT2D eigenvalue weighted by Gasteiger charge is 2.24. The average Bonchev–Trinajstić information content (AvgIpc) is 3.04. The summed E-state index contributed by atoms with van der Waals surface area (Å²) >= 11 is 3.41. The molecular weight excluding hydrogens is 276 g/mol. The number of thiazole rings is 1. The summed E-state index contributed by atoms with van der Waals surface area (Å²) in [6.45, 7) is 3.16. The zero-order valence-electron chi connectivity index (χ0n) is 11.0. The third-order valence-electron chi connectivity index (χ3n) is 3.44. The van der Waals surface area contributed by atoms with Gasteiger partial charge in [0.15, 0.2) is 0 Å². The topological polar surface area (TPSA) is 45.1 Å². The summed E-state index contributed by atoms with van der Waals surface area (Å²) in [5.74, 6) is 0. The van der Waals surface area contributed by atoms with Crippen LogP contribution in [0.15, 0.2) is 17.5 Å². The van der Waals surface area contributed by atoms with Crippen LogP contribution in [0.1, 0.15) is 33.8 Å². The normalized spacial score (nSPS) is 17.4. The summed E-state index contributed by atoms with van der Waals surface area (Å²) < 4.78 is 0. The Morgan fingerprint density at radius 3 is 3.11 bits per heavy atom. The van der Waals surface area contributed by atoms with E-state index in [-0.39, 0.29) is 0 Å². The lowest BCUT2D eigenvalue weighted by Crippen LogP contribution is -2.34. The number of hydrogen-bond acceptors (Lipinski definition) is 5. The maximum absolute atomic E-state index is 10.4. The van der Waals surface area contributed by atoms with Gasteiger partial charge in [0.1, 0.15) is 10.6 Å². The molecule has 5 heteroatoms. The molecule has 0 amide bonds. The average molecular weight is 294 g/mol. The molecule has 0 spiro atoms. The molecule has 1 aliphatic rings. The predicted octanol–water partition coefficient (Wildman–Crippen LogP) is 2.69. The van der Waals surface area contributed by atoms with Gasteiger partial charge in [-0.2, -0.15) is 0 Å². The number of hydrogen-bond donors (Lipinski definition) is 2. The van der Waals surface area contributed by atoms with Gasteiger partial charge in [0.25, 0.3) is 0 Å². The third-order valence-corrected chi connectivity index (χ3v) is 5.72. The Balaban J connectivity index is 1.55. The van der Waals surface area contributed by atoms with Gasteiger partial charge in [0, 0.05) is 22.8 Å². The van der Waals surface area contributed by atoms with Crippen molar-refractivity contribution in [3.63, 3.8) is 0 Å². The molecule has 2 heterocycles. The van der Waals surface area contributed by atoms with Crippen LogP contribution < -0.4 is 5.32 Å². The van der Waals surface area contributed by atoms with Gasteiger partial charge in [-0.25, -0.2) is 4.98 Å². The lowest BCUT2D eigenvalue weighted by molar-refractivity contribution is 0.0604. The number of aliphatic hydroxyl groups is 1. The van der Waals surface area contributed by atoms with Crippen LogP contribution in [0.5, 0.6) is 0 Å². The van der Waals surface area contributed by atoms with Gasteiger partial charge >= 0.3 is 0 Å². The van der Waals surface area contributed by atoms with Crippen molar-refractivity contribution in [1.29, 1.82) is 0 Å². The third kappa shape index (κ3) is 2.89. The number of nitrogens with one attached hydrogen (secondary N) is 1. The van der Waals surface area contributed by atoms with Crippen LogP contribution in [0.4, 0.5) is 0 Å². The van der Waals surface area contributed by atoms with E-state index in [2.05, 4.69) is 10.3 Å². The number of aryl methyl sites for hydroxylation is 2. The maximum Gasteiger partial charge on any atom is 0.108 e. The number of fused-ring (bicyclic) bond motifs is 1. The van der Waals surface area contributed by atoms with E-state index in [9.17, 15) is 5.11 Å². The van der Waals surface area contributed by atoms with E-state index in [1.165, 1.54) is 23.4 Å². The Bertz CT molecular complexity index is 524. The van der Waals surface area contributed by atoms with E-state index < -0.39 is 5.60 Å². The fraction of sp³-hybridized carbons (Fsp3) is 0.500. The molecule has 2 aromatic heterocycles. The minimum absolute atomic E-state index is 0.553. The minimum atomic E-state index is -0.797. The molecule has 2 N–H and O–H groups in total. The minimum Gasteiger partial charge on any atom is -0.383 e. The van der Waals surface area contributed by atoms with Gasteiger partial charge in [0.2, 0.25) is 0 Å². The van der Waals surface area contributed by atoms with E-state index in [4.69, 9.17) is 0 Å². The van der Waals surface area contributed by atoms with Gasteiger partial charge in [0.05, 0.1) is 5.69 Å².